The average molecular weight is 319 g/mol. The van der Waals surface area contributed by atoms with Gasteiger partial charge in [-0.05, 0) is 44.5 Å². The molecule has 21 heavy (non-hydrogen) atoms. The third-order valence-electron chi connectivity index (χ3n) is 3.48. The fourth-order valence-corrected chi connectivity index (χ4v) is 2.54. The largest absolute Gasteiger partial charge is 0.434 e. The summed E-state index contributed by atoms with van der Waals surface area (Å²) in [6, 6.07) is 4.08. The van der Waals surface area contributed by atoms with Crippen molar-refractivity contribution in [2.24, 2.45) is 0 Å². The van der Waals surface area contributed by atoms with Gasteiger partial charge in [0.05, 0.1) is 5.56 Å². The molecule has 2 unspecified atom stereocenters. The number of benzene rings is 1. The van der Waals surface area contributed by atoms with E-state index >= 15 is 0 Å². The van der Waals surface area contributed by atoms with Gasteiger partial charge in [-0.2, -0.15) is 8.78 Å². The highest BCUT2D eigenvalue weighted by Crippen LogP contribution is 2.25. The lowest BCUT2D eigenvalue weighted by Crippen LogP contribution is -2.51. The first kappa shape index (κ1) is 16.0. The number of hydrogen-bond acceptors (Lipinski definition) is 3. The first-order valence-electron chi connectivity index (χ1n) is 6.76. The molecular weight excluding hydrogens is 302 g/mol. The maximum absolute atomic E-state index is 12.4. The topological polar surface area (TPSA) is 50.4 Å². The molecule has 116 valence electrons. The number of halogens is 3. The summed E-state index contributed by atoms with van der Waals surface area (Å²) >= 11 is 5.83. The lowest BCUT2D eigenvalue weighted by atomic mass is 9.99. The van der Waals surface area contributed by atoms with Gasteiger partial charge in [0, 0.05) is 17.1 Å². The van der Waals surface area contributed by atoms with Gasteiger partial charge in [-0.3, -0.25) is 4.79 Å². The lowest BCUT2D eigenvalue weighted by Gasteiger charge is -2.30. The second-order valence-corrected chi connectivity index (χ2v) is 5.42. The van der Waals surface area contributed by atoms with E-state index in [4.69, 9.17) is 11.6 Å². The quantitative estimate of drug-likeness (QED) is 0.897. The second-order valence-electron chi connectivity index (χ2n) is 4.98. The number of hydrogen-bond donors (Lipinski definition) is 2. The van der Waals surface area contributed by atoms with Crippen LogP contribution in [0.3, 0.4) is 0 Å². The van der Waals surface area contributed by atoms with Gasteiger partial charge in [0.2, 0.25) is 0 Å². The van der Waals surface area contributed by atoms with Crippen molar-refractivity contribution in [1.29, 1.82) is 0 Å². The smallest absolute Gasteiger partial charge is 0.387 e. The van der Waals surface area contributed by atoms with Gasteiger partial charge < -0.3 is 15.4 Å². The van der Waals surface area contributed by atoms with Crippen LogP contribution in [0.25, 0.3) is 0 Å². The normalized spacial score (nSPS) is 22.1. The van der Waals surface area contributed by atoms with E-state index in [9.17, 15) is 13.6 Å². The Balaban J connectivity index is 2.15. The zero-order valence-electron chi connectivity index (χ0n) is 11.5. The highest BCUT2D eigenvalue weighted by atomic mass is 35.5. The number of amides is 1. The Morgan fingerprint density at radius 1 is 1.52 bits per heavy atom. The fraction of sp³-hybridized carbons (Fsp3) is 0.500. The molecule has 1 aliphatic rings. The van der Waals surface area contributed by atoms with Crippen LogP contribution in [0.5, 0.6) is 5.75 Å². The van der Waals surface area contributed by atoms with Crippen molar-refractivity contribution >= 4 is 17.5 Å². The summed E-state index contributed by atoms with van der Waals surface area (Å²) in [7, 11) is 0. The summed E-state index contributed by atoms with van der Waals surface area (Å²) in [5.41, 5.74) is 0.0144. The molecule has 0 aliphatic carbocycles. The predicted octanol–water partition coefficient (Wildman–Crippen LogP) is 2.81. The molecule has 1 saturated heterocycles. The molecule has 7 heteroatoms. The monoisotopic (exact) mass is 318 g/mol. The second kappa shape index (κ2) is 7.04. The predicted molar refractivity (Wildman–Crippen MR) is 76.0 cm³/mol. The summed E-state index contributed by atoms with van der Waals surface area (Å²) in [5.74, 6) is -0.642. The van der Waals surface area contributed by atoms with Gasteiger partial charge >= 0.3 is 6.61 Å². The maximum atomic E-state index is 12.4. The number of ether oxygens (including phenoxy) is 1. The fourth-order valence-electron chi connectivity index (χ4n) is 2.37. The zero-order chi connectivity index (χ0) is 15.4. The molecule has 0 aromatic heterocycles. The van der Waals surface area contributed by atoms with E-state index in [-0.39, 0.29) is 28.4 Å². The van der Waals surface area contributed by atoms with E-state index in [1.54, 1.807) is 0 Å². The van der Waals surface area contributed by atoms with E-state index in [1.807, 2.05) is 6.92 Å². The van der Waals surface area contributed by atoms with Crippen LogP contribution in [0.15, 0.2) is 18.2 Å². The summed E-state index contributed by atoms with van der Waals surface area (Å²) in [4.78, 5) is 12.3. The molecule has 1 fully saturated rings. The molecule has 1 heterocycles. The minimum atomic E-state index is -2.99. The molecule has 0 bridgehead atoms. The third kappa shape index (κ3) is 4.28. The minimum absolute atomic E-state index is 0.0144. The van der Waals surface area contributed by atoms with Crippen molar-refractivity contribution < 1.29 is 18.3 Å². The molecular formula is C14H17ClF2N2O2. The van der Waals surface area contributed by atoms with Crippen molar-refractivity contribution in [3.05, 3.63) is 28.8 Å². The van der Waals surface area contributed by atoms with E-state index in [1.165, 1.54) is 18.2 Å². The average Bonchev–Trinajstić information content (AvgIpc) is 2.43. The molecule has 4 nitrogen and oxygen atoms in total. The summed E-state index contributed by atoms with van der Waals surface area (Å²) in [5, 5.41) is 6.38. The van der Waals surface area contributed by atoms with Crippen LogP contribution in [0, 0.1) is 0 Å². The van der Waals surface area contributed by atoms with Crippen LogP contribution < -0.4 is 15.4 Å². The highest BCUT2D eigenvalue weighted by molar-refractivity contribution is 6.31. The van der Waals surface area contributed by atoms with Crippen LogP contribution in [-0.4, -0.2) is 31.1 Å². The lowest BCUT2D eigenvalue weighted by molar-refractivity contribution is -0.0501. The van der Waals surface area contributed by atoms with Gasteiger partial charge in [-0.15, -0.1) is 0 Å². The van der Waals surface area contributed by atoms with E-state index in [0.717, 1.165) is 19.4 Å². The number of carbonyl (C=O) groups is 1. The standard InChI is InChI=1S/C14H17ClF2N2O2/c1-8-11(3-2-6-18-8)19-13(20)10-7-9(15)4-5-12(10)21-14(16)17/h4-5,7-8,11,14,18H,2-3,6H2,1H3,(H,19,20). The van der Waals surface area contributed by atoms with Crippen molar-refractivity contribution in [2.45, 2.75) is 38.5 Å². The van der Waals surface area contributed by atoms with Crippen molar-refractivity contribution in [2.75, 3.05) is 6.54 Å². The van der Waals surface area contributed by atoms with Crippen molar-refractivity contribution in [3.8, 4) is 5.75 Å². The Kier molecular flexibility index (Phi) is 5.36. The molecule has 0 radical (unpaired) electrons. The summed E-state index contributed by atoms with van der Waals surface area (Å²) < 4.78 is 29.1. The van der Waals surface area contributed by atoms with Crippen LogP contribution >= 0.6 is 11.6 Å². The summed E-state index contributed by atoms with van der Waals surface area (Å²) in [6.07, 6.45) is 1.79. The Hall–Kier alpha value is -1.40. The SMILES string of the molecule is CC1NCCCC1NC(=O)c1cc(Cl)ccc1OC(F)F. The molecule has 2 atom stereocenters. The van der Waals surface area contributed by atoms with Crippen LogP contribution in [0.1, 0.15) is 30.1 Å². The number of carbonyl (C=O) groups excluding carboxylic acids is 1. The number of piperidine rings is 1. The van der Waals surface area contributed by atoms with Crippen LogP contribution in [0.2, 0.25) is 5.02 Å². The van der Waals surface area contributed by atoms with E-state index < -0.39 is 12.5 Å². The van der Waals surface area contributed by atoms with Gasteiger partial charge in [-0.25, -0.2) is 0 Å². The molecule has 1 aromatic rings. The Morgan fingerprint density at radius 3 is 2.95 bits per heavy atom. The van der Waals surface area contributed by atoms with Crippen LogP contribution in [-0.2, 0) is 0 Å². The molecule has 1 aromatic carbocycles. The first-order chi connectivity index (χ1) is 9.97. The van der Waals surface area contributed by atoms with Gasteiger partial charge in [0.1, 0.15) is 5.75 Å². The Morgan fingerprint density at radius 2 is 2.29 bits per heavy atom. The molecule has 2 rings (SSSR count). The van der Waals surface area contributed by atoms with E-state index in [0.29, 0.717) is 0 Å². The minimum Gasteiger partial charge on any atom is -0.434 e. The van der Waals surface area contributed by atoms with Gasteiger partial charge in [-0.1, -0.05) is 11.6 Å². The Bertz CT molecular complexity index is 514. The van der Waals surface area contributed by atoms with Gasteiger partial charge in [0.25, 0.3) is 5.91 Å². The number of alkyl halides is 2. The maximum Gasteiger partial charge on any atom is 0.387 e. The first-order valence-corrected chi connectivity index (χ1v) is 7.14. The zero-order valence-corrected chi connectivity index (χ0v) is 12.3. The third-order valence-corrected chi connectivity index (χ3v) is 3.72. The summed E-state index contributed by atoms with van der Waals surface area (Å²) in [6.45, 7) is -0.115. The Labute approximate surface area is 126 Å². The molecule has 2 N–H and O–H groups in total. The van der Waals surface area contributed by atoms with Crippen LogP contribution in [0.4, 0.5) is 8.78 Å². The van der Waals surface area contributed by atoms with Crippen molar-refractivity contribution in [1.82, 2.24) is 10.6 Å². The molecule has 1 aliphatic heterocycles. The molecule has 0 spiro atoms. The van der Waals surface area contributed by atoms with Gasteiger partial charge in [0.15, 0.2) is 0 Å². The number of rotatable bonds is 4. The van der Waals surface area contributed by atoms with E-state index in [2.05, 4.69) is 15.4 Å². The highest BCUT2D eigenvalue weighted by Gasteiger charge is 2.24. The molecule has 0 saturated carbocycles. The van der Waals surface area contributed by atoms with Crippen molar-refractivity contribution in [3.63, 3.8) is 0 Å². The molecule has 1 amide bonds. The number of nitrogens with one attached hydrogen (secondary N) is 2.